The molecule has 3 saturated heterocycles. The summed E-state index contributed by atoms with van der Waals surface area (Å²) in [5.41, 5.74) is 1.69. The molecule has 5 heterocycles. The van der Waals surface area contributed by atoms with Crippen LogP contribution in [0.5, 0.6) is 0 Å². The molecular formula is C24H29N5O2. The Morgan fingerprint density at radius 1 is 1.10 bits per heavy atom. The van der Waals surface area contributed by atoms with Crippen LogP contribution in [0.2, 0.25) is 0 Å². The van der Waals surface area contributed by atoms with Crippen LogP contribution in [0.1, 0.15) is 35.7 Å². The minimum Gasteiger partial charge on any atom is -0.338 e. The number of hydrogen-bond donors (Lipinski definition) is 0. The van der Waals surface area contributed by atoms with Gasteiger partial charge in [0.25, 0.3) is 5.91 Å². The molecular weight excluding hydrogens is 390 g/mol. The van der Waals surface area contributed by atoms with E-state index in [-0.39, 0.29) is 17.4 Å². The minimum absolute atomic E-state index is 0.0384. The van der Waals surface area contributed by atoms with Gasteiger partial charge >= 0.3 is 0 Å². The summed E-state index contributed by atoms with van der Waals surface area (Å²) in [5.74, 6) is 0.731. The Kier molecular flexibility index (Phi) is 5.22. The van der Waals surface area contributed by atoms with Crippen LogP contribution in [0.3, 0.4) is 0 Å². The molecule has 0 aliphatic carbocycles. The van der Waals surface area contributed by atoms with Crippen molar-refractivity contribution in [2.24, 2.45) is 11.8 Å². The van der Waals surface area contributed by atoms with Gasteiger partial charge in [0, 0.05) is 70.0 Å². The number of piperidine rings is 1. The lowest BCUT2D eigenvalue weighted by Gasteiger charge is -2.47. The fraction of sp³-hybridized carbons (Fsp3) is 0.500. The zero-order chi connectivity index (χ0) is 21.4. The fourth-order valence-electron chi connectivity index (χ4n) is 6.06. The first kappa shape index (κ1) is 20.1. The van der Waals surface area contributed by atoms with Gasteiger partial charge < -0.3 is 9.80 Å². The van der Waals surface area contributed by atoms with Crippen LogP contribution >= 0.6 is 0 Å². The molecule has 3 aliphatic heterocycles. The second-order valence-electron chi connectivity index (χ2n) is 8.99. The Balaban J connectivity index is 1.32. The predicted octanol–water partition coefficient (Wildman–Crippen LogP) is 2.06. The number of nitrogens with zero attached hydrogens (tertiary/aromatic N) is 5. The maximum atomic E-state index is 13.3. The summed E-state index contributed by atoms with van der Waals surface area (Å²) in [6, 6.07) is 7.68. The number of hydrogen-bond acceptors (Lipinski definition) is 5. The van der Waals surface area contributed by atoms with E-state index in [2.05, 4.69) is 32.8 Å². The normalized spacial score (nSPS) is 25.3. The van der Waals surface area contributed by atoms with E-state index in [0.29, 0.717) is 30.5 Å². The summed E-state index contributed by atoms with van der Waals surface area (Å²) in [6.45, 7) is 6.77. The van der Waals surface area contributed by atoms with Crippen molar-refractivity contribution in [1.29, 1.82) is 0 Å². The molecule has 7 heteroatoms. The second-order valence-corrected chi connectivity index (χ2v) is 8.99. The van der Waals surface area contributed by atoms with Gasteiger partial charge in [-0.2, -0.15) is 0 Å². The van der Waals surface area contributed by atoms with Crippen molar-refractivity contribution in [2.45, 2.75) is 31.8 Å². The molecule has 0 aromatic carbocycles. The monoisotopic (exact) mass is 419 g/mol. The number of aromatic nitrogens is 2. The number of amides is 2. The Morgan fingerprint density at radius 3 is 2.48 bits per heavy atom. The van der Waals surface area contributed by atoms with Crippen molar-refractivity contribution in [1.82, 2.24) is 24.7 Å². The molecule has 7 nitrogen and oxygen atoms in total. The van der Waals surface area contributed by atoms with Crippen LogP contribution in [0.25, 0.3) is 0 Å². The summed E-state index contributed by atoms with van der Waals surface area (Å²) < 4.78 is 0. The fourth-order valence-corrected chi connectivity index (χ4v) is 6.06. The van der Waals surface area contributed by atoms with Gasteiger partial charge in [0.15, 0.2) is 0 Å². The lowest BCUT2D eigenvalue weighted by Crippen LogP contribution is -2.57. The standard InChI is InChI=1S/C24H29N5O2/c1-2-29-23(31)20-16-27(15-18-5-3-9-25-13-18)17-21(20)24(29)7-11-28(12-8-24)22(30)19-6-4-10-26-14-19/h3-6,9-10,13-14,20-21H,2,7-8,11-12,15-17H2,1H3/t20-,21+/m0/s1. The summed E-state index contributed by atoms with van der Waals surface area (Å²) in [4.78, 5) is 41.0. The van der Waals surface area contributed by atoms with Gasteiger partial charge in [-0.3, -0.25) is 24.5 Å². The first-order valence-electron chi connectivity index (χ1n) is 11.2. The highest BCUT2D eigenvalue weighted by Crippen LogP contribution is 2.49. The average molecular weight is 420 g/mol. The summed E-state index contributed by atoms with van der Waals surface area (Å²) >= 11 is 0. The van der Waals surface area contributed by atoms with E-state index in [1.165, 1.54) is 5.56 Å². The molecule has 0 N–H and O–H groups in total. The van der Waals surface area contributed by atoms with Gasteiger partial charge in [0.2, 0.25) is 5.91 Å². The number of rotatable bonds is 4. The smallest absolute Gasteiger partial charge is 0.255 e. The highest BCUT2D eigenvalue weighted by Gasteiger charge is 2.61. The minimum atomic E-state index is -0.133. The molecule has 5 rings (SSSR count). The molecule has 2 amide bonds. The van der Waals surface area contributed by atoms with Gasteiger partial charge in [0.1, 0.15) is 0 Å². The zero-order valence-electron chi connectivity index (χ0n) is 18.0. The van der Waals surface area contributed by atoms with Gasteiger partial charge in [-0.05, 0) is 43.5 Å². The Labute approximate surface area is 183 Å². The molecule has 3 aliphatic rings. The van der Waals surface area contributed by atoms with Crippen LogP contribution in [0, 0.1) is 11.8 Å². The molecule has 2 aromatic rings. The third-order valence-corrected chi connectivity index (χ3v) is 7.48. The van der Waals surface area contributed by atoms with Crippen molar-refractivity contribution < 1.29 is 9.59 Å². The largest absolute Gasteiger partial charge is 0.338 e. The quantitative estimate of drug-likeness (QED) is 0.759. The zero-order valence-corrected chi connectivity index (χ0v) is 18.0. The van der Waals surface area contributed by atoms with Crippen molar-refractivity contribution in [3.05, 3.63) is 60.2 Å². The Bertz CT molecular complexity index is 943. The number of pyridine rings is 2. The summed E-state index contributed by atoms with van der Waals surface area (Å²) in [7, 11) is 0. The molecule has 0 bridgehead atoms. The first-order chi connectivity index (χ1) is 15.1. The molecule has 31 heavy (non-hydrogen) atoms. The molecule has 162 valence electrons. The summed E-state index contributed by atoms with van der Waals surface area (Å²) in [5, 5.41) is 0. The van der Waals surface area contributed by atoms with E-state index in [4.69, 9.17) is 0 Å². The first-order valence-corrected chi connectivity index (χ1v) is 11.2. The summed E-state index contributed by atoms with van der Waals surface area (Å²) in [6.07, 6.45) is 8.71. The molecule has 0 saturated carbocycles. The highest BCUT2D eigenvalue weighted by molar-refractivity contribution is 5.94. The van der Waals surface area contributed by atoms with Gasteiger partial charge in [-0.15, -0.1) is 0 Å². The van der Waals surface area contributed by atoms with Crippen molar-refractivity contribution >= 4 is 11.8 Å². The SMILES string of the molecule is CCN1C(=O)[C@H]2CN(Cc3cccnc3)C[C@H]2C12CCN(C(=O)c1cccnc1)CC2. The number of carbonyl (C=O) groups is 2. The Morgan fingerprint density at radius 2 is 1.84 bits per heavy atom. The maximum absolute atomic E-state index is 13.3. The van der Waals surface area contributed by atoms with Crippen molar-refractivity contribution in [3.8, 4) is 0 Å². The van der Waals surface area contributed by atoms with E-state index in [1.54, 1.807) is 24.7 Å². The van der Waals surface area contributed by atoms with E-state index in [0.717, 1.165) is 39.0 Å². The number of carbonyl (C=O) groups excluding carboxylic acids is 2. The highest BCUT2D eigenvalue weighted by atomic mass is 16.2. The van der Waals surface area contributed by atoms with Crippen molar-refractivity contribution in [2.75, 3.05) is 32.7 Å². The Hall–Kier alpha value is -2.80. The van der Waals surface area contributed by atoms with Crippen molar-refractivity contribution in [3.63, 3.8) is 0 Å². The lowest BCUT2D eigenvalue weighted by atomic mass is 9.74. The van der Waals surface area contributed by atoms with E-state index >= 15 is 0 Å². The molecule has 0 radical (unpaired) electrons. The van der Waals surface area contributed by atoms with Gasteiger partial charge in [0.05, 0.1) is 17.0 Å². The number of fused-ring (bicyclic) bond motifs is 2. The molecule has 2 aromatic heterocycles. The van der Waals surface area contributed by atoms with Gasteiger partial charge in [-0.1, -0.05) is 6.07 Å². The van der Waals surface area contributed by atoms with Crippen LogP contribution in [0.15, 0.2) is 49.1 Å². The predicted molar refractivity (Wildman–Crippen MR) is 116 cm³/mol. The van der Waals surface area contributed by atoms with E-state index < -0.39 is 0 Å². The van der Waals surface area contributed by atoms with E-state index in [9.17, 15) is 9.59 Å². The molecule has 1 spiro atoms. The third-order valence-electron chi connectivity index (χ3n) is 7.48. The van der Waals surface area contributed by atoms with Crippen LogP contribution in [0.4, 0.5) is 0 Å². The third kappa shape index (κ3) is 3.41. The van der Waals surface area contributed by atoms with Crippen LogP contribution in [-0.4, -0.2) is 74.7 Å². The van der Waals surface area contributed by atoms with Crippen LogP contribution < -0.4 is 0 Å². The second kappa shape index (κ2) is 8.04. The average Bonchev–Trinajstić information content (AvgIpc) is 3.32. The van der Waals surface area contributed by atoms with Crippen LogP contribution in [-0.2, 0) is 11.3 Å². The molecule has 0 unspecified atom stereocenters. The van der Waals surface area contributed by atoms with Gasteiger partial charge in [-0.25, -0.2) is 0 Å². The number of likely N-dealkylation sites (tertiary alicyclic amines) is 3. The lowest BCUT2D eigenvalue weighted by molar-refractivity contribution is -0.135. The topological polar surface area (TPSA) is 69.6 Å². The maximum Gasteiger partial charge on any atom is 0.255 e. The van der Waals surface area contributed by atoms with E-state index in [1.807, 2.05) is 23.2 Å². The molecule has 3 fully saturated rings. The molecule has 2 atom stereocenters.